The summed E-state index contributed by atoms with van der Waals surface area (Å²) in [6.45, 7) is 10.3. The molecule has 2 heterocycles. The number of aryl methyl sites for hydroxylation is 2. The van der Waals surface area contributed by atoms with Gasteiger partial charge in [-0.05, 0) is 45.4 Å². The molecule has 3 rings (SSSR count). The summed E-state index contributed by atoms with van der Waals surface area (Å²) in [7, 11) is 2.18. The second kappa shape index (κ2) is 8.18. The summed E-state index contributed by atoms with van der Waals surface area (Å²) < 4.78 is 5.56. The summed E-state index contributed by atoms with van der Waals surface area (Å²) in [6.07, 6.45) is 2.12. The molecule has 1 aromatic rings. The number of piperidine rings is 1. The zero-order valence-corrected chi connectivity index (χ0v) is 16.2. The van der Waals surface area contributed by atoms with Crippen molar-refractivity contribution < 1.29 is 4.74 Å². The first-order valence-electron chi connectivity index (χ1n) is 9.54. The van der Waals surface area contributed by atoms with Crippen LogP contribution in [-0.4, -0.2) is 79.0 Å². The zero-order chi connectivity index (χ0) is 18.7. The van der Waals surface area contributed by atoms with E-state index in [9.17, 15) is 0 Å². The molecule has 0 aliphatic carbocycles. The Morgan fingerprint density at radius 2 is 1.65 bits per heavy atom. The summed E-state index contributed by atoms with van der Waals surface area (Å²) >= 11 is 0. The predicted octanol–water partition coefficient (Wildman–Crippen LogP) is 2.29. The van der Waals surface area contributed by atoms with Gasteiger partial charge in [-0.1, -0.05) is 17.7 Å². The first-order chi connectivity index (χ1) is 12.4. The minimum absolute atomic E-state index is 0.0636. The third-order valence-electron chi connectivity index (χ3n) is 5.63. The highest BCUT2D eigenvalue weighted by atomic mass is 16.5. The largest absolute Gasteiger partial charge is 0.407 e. The highest BCUT2D eigenvalue weighted by molar-refractivity contribution is 5.99. The molecule has 142 valence electrons. The van der Waals surface area contributed by atoms with E-state index >= 15 is 0 Å². The topological polar surface area (TPSA) is 66.7 Å². The van der Waals surface area contributed by atoms with E-state index in [1.165, 1.54) is 5.56 Å². The van der Waals surface area contributed by atoms with Crippen LogP contribution in [0, 0.1) is 24.7 Å². The van der Waals surface area contributed by atoms with Crippen LogP contribution in [0.5, 0.6) is 0 Å². The van der Waals surface area contributed by atoms with Gasteiger partial charge in [0, 0.05) is 50.9 Å². The number of rotatable bonds is 2. The Bertz CT molecular complexity index is 658. The average Bonchev–Trinajstić information content (AvgIpc) is 2.62. The van der Waals surface area contributed by atoms with Gasteiger partial charge in [0.2, 0.25) is 5.90 Å². The molecular formula is C20H31N5O. The number of hydrogen-bond donors (Lipinski definition) is 2. The number of nitrogens with zero attached hydrogens (tertiary/aromatic N) is 3. The van der Waals surface area contributed by atoms with E-state index in [0.29, 0.717) is 6.04 Å². The molecule has 26 heavy (non-hydrogen) atoms. The molecule has 0 unspecified atom stereocenters. The average molecular weight is 358 g/mol. The van der Waals surface area contributed by atoms with Crippen LogP contribution in [-0.2, 0) is 4.74 Å². The standard InChI is InChI=1S/C20H31N5O/c1-15-4-5-18(16(2)14-15)19(21)26-20(22)25-8-6-17(7-9-25)24-12-10-23(3)11-13-24/h4-5,14,17,21-22H,6-13H2,1-3H3. The molecule has 1 aromatic carbocycles. The van der Waals surface area contributed by atoms with Crippen molar-refractivity contribution in [2.75, 3.05) is 46.3 Å². The number of likely N-dealkylation sites (N-methyl/N-ethyl adjacent to an activating group) is 1. The third kappa shape index (κ3) is 4.43. The molecule has 2 aliphatic rings. The van der Waals surface area contributed by atoms with Crippen molar-refractivity contribution >= 4 is 11.9 Å². The first-order valence-corrected chi connectivity index (χ1v) is 9.54. The van der Waals surface area contributed by atoms with Crippen LogP contribution in [0.15, 0.2) is 18.2 Å². The fourth-order valence-electron chi connectivity index (χ4n) is 3.91. The summed E-state index contributed by atoms with van der Waals surface area (Å²) in [5.74, 6) is 0.0636. The summed E-state index contributed by atoms with van der Waals surface area (Å²) in [5, 5.41) is 16.5. The Morgan fingerprint density at radius 3 is 2.27 bits per heavy atom. The van der Waals surface area contributed by atoms with E-state index in [0.717, 1.165) is 63.2 Å². The van der Waals surface area contributed by atoms with Gasteiger partial charge in [-0.2, -0.15) is 0 Å². The fraction of sp³-hybridized carbons (Fsp3) is 0.600. The molecule has 2 aliphatic heterocycles. The monoisotopic (exact) mass is 357 g/mol. The lowest BCUT2D eigenvalue weighted by Gasteiger charge is -2.42. The quantitative estimate of drug-likeness (QED) is 0.630. The molecule has 2 fully saturated rings. The van der Waals surface area contributed by atoms with Gasteiger partial charge >= 0.3 is 0 Å². The van der Waals surface area contributed by atoms with Crippen LogP contribution in [0.2, 0.25) is 0 Å². The van der Waals surface area contributed by atoms with Crippen molar-refractivity contribution in [1.29, 1.82) is 10.8 Å². The Hall–Kier alpha value is -1.92. The fourth-order valence-corrected chi connectivity index (χ4v) is 3.91. The molecule has 0 spiro atoms. The Balaban J connectivity index is 1.49. The molecule has 0 aromatic heterocycles. The van der Waals surface area contributed by atoms with E-state index in [2.05, 4.69) is 16.8 Å². The van der Waals surface area contributed by atoms with Gasteiger partial charge < -0.3 is 14.5 Å². The highest BCUT2D eigenvalue weighted by Crippen LogP contribution is 2.19. The van der Waals surface area contributed by atoms with Gasteiger partial charge in [-0.15, -0.1) is 0 Å². The van der Waals surface area contributed by atoms with Crippen molar-refractivity contribution in [1.82, 2.24) is 14.7 Å². The van der Waals surface area contributed by atoms with Crippen LogP contribution < -0.4 is 0 Å². The lowest BCUT2D eigenvalue weighted by molar-refractivity contribution is 0.0786. The SMILES string of the molecule is Cc1ccc(C(=N)OC(=N)N2CCC(N3CCN(C)CC3)CC2)c(C)c1. The second-order valence-electron chi connectivity index (χ2n) is 7.61. The smallest absolute Gasteiger partial charge is 0.291 e. The molecule has 2 N–H and O–H groups in total. The van der Waals surface area contributed by atoms with Crippen molar-refractivity contribution in [3.05, 3.63) is 34.9 Å². The lowest BCUT2D eigenvalue weighted by atomic mass is 10.0. The van der Waals surface area contributed by atoms with E-state index in [1.54, 1.807) is 0 Å². The van der Waals surface area contributed by atoms with Gasteiger partial charge in [0.15, 0.2) is 0 Å². The molecule has 0 radical (unpaired) electrons. The van der Waals surface area contributed by atoms with Crippen LogP contribution in [0.25, 0.3) is 0 Å². The normalized spacial score (nSPS) is 20.2. The molecule has 0 bridgehead atoms. The van der Waals surface area contributed by atoms with Gasteiger partial charge in [-0.25, -0.2) is 0 Å². The van der Waals surface area contributed by atoms with Gasteiger partial charge in [-0.3, -0.25) is 15.7 Å². The van der Waals surface area contributed by atoms with Gasteiger partial charge in [0.05, 0.1) is 0 Å². The molecule has 0 atom stereocenters. The van der Waals surface area contributed by atoms with Crippen LogP contribution in [0.1, 0.15) is 29.5 Å². The van der Waals surface area contributed by atoms with Crippen molar-refractivity contribution in [2.24, 2.45) is 0 Å². The lowest BCUT2D eigenvalue weighted by Crippen LogP contribution is -2.53. The van der Waals surface area contributed by atoms with Crippen molar-refractivity contribution in [2.45, 2.75) is 32.7 Å². The third-order valence-corrected chi connectivity index (χ3v) is 5.63. The number of amidine groups is 1. The minimum atomic E-state index is 0.0636. The Labute approximate surface area is 156 Å². The minimum Gasteiger partial charge on any atom is -0.407 e. The van der Waals surface area contributed by atoms with E-state index in [-0.39, 0.29) is 11.9 Å². The Kier molecular flexibility index (Phi) is 5.94. The highest BCUT2D eigenvalue weighted by Gasteiger charge is 2.28. The Morgan fingerprint density at radius 1 is 1.00 bits per heavy atom. The number of benzene rings is 1. The summed E-state index contributed by atoms with van der Waals surface area (Å²) in [6, 6.07) is 6.64. The number of ether oxygens (including phenoxy) is 1. The van der Waals surface area contributed by atoms with Crippen LogP contribution >= 0.6 is 0 Å². The van der Waals surface area contributed by atoms with Gasteiger partial charge in [0.25, 0.3) is 6.02 Å². The maximum absolute atomic E-state index is 8.25. The maximum Gasteiger partial charge on any atom is 0.291 e. The van der Waals surface area contributed by atoms with Crippen molar-refractivity contribution in [3.63, 3.8) is 0 Å². The summed E-state index contributed by atoms with van der Waals surface area (Å²) in [4.78, 5) is 6.94. The predicted molar refractivity (Wildman–Crippen MR) is 105 cm³/mol. The van der Waals surface area contributed by atoms with E-state index in [4.69, 9.17) is 15.6 Å². The van der Waals surface area contributed by atoms with E-state index in [1.807, 2.05) is 36.9 Å². The van der Waals surface area contributed by atoms with Crippen LogP contribution in [0.3, 0.4) is 0 Å². The molecule has 2 saturated heterocycles. The maximum atomic E-state index is 8.25. The summed E-state index contributed by atoms with van der Waals surface area (Å²) in [5.41, 5.74) is 2.93. The molecule has 0 saturated carbocycles. The first kappa shape index (κ1) is 18.9. The number of nitrogens with one attached hydrogen (secondary N) is 2. The number of hydrogen-bond acceptors (Lipinski definition) is 5. The van der Waals surface area contributed by atoms with Gasteiger partial charge in [0.1, 0.15) is 0 Å². The molecule has 0 amide bonds. The second-order valence-corrected chi connectivity index (χ2v) is 7.61. The number of likely N-dealkylation sites (tertiary alicyclic amines) is 1. The molecular weight excluding hydrogens is 326 g/mol. The van der Waals surface area contributed by atoms with Crippen molar-refractivity contribution in [3.8, 4) is 0 Å². The molecule has 6 heteroatoms. The van der Waals surface area contributed by atoms with E-state index < -0.39 is 0 Å². The van der Waals surface area contributed by atoms with Crippen LogP contribution in [0.4, 0.5) is 0 Å². The zero-order valence-electron chi connectivity index (χ0n) is 16.2. The number of piperazine rings is 1. The molecule has 6 nitrogen and oxygen atoms in total.